The molecule has 0 bridgehead atoms. The number of benzene rings is 3. The van der Waals surface area contributed by atoms with Gasteiger partial charge in [0.25, 0.3) is 0 Å². The lowest BCUT2D eigenvalue weighted by atomic mass is 9.81. The number of hydrogen-bond acceptors (Lipinski definition) is 6. The first-order valence-electron chi connectivity index (χ1n) is 12.8. The summed E-state index contributed by atoms with van der Waals surface area (Å²) in [6.07, 6.45) is 3.55. The minimum Gasteiger partial charge on any atom is -0.494 e. The van der Waals surface area contributed by atoms with Gasteiger partial charge in [-0.2, -0.15) is 0 Å². The number of hydrogen-bond donors (Lipinski definition) is 1. The molecule has 0 saturated heterocycles. The minimum absolute atomic E-state index is 0.0566. The van der Waals surface area contributed by atoms with Crippen molar-refractivity contribution in [2.75, 3.05) is 25.2 Å². The second kappa shape index (κ2) is 10.7. The quantitative estimate of drug-likeness (QED) is 0.360. The SMILES string of the molecule is Cc1cc(OCCCS(C)(=O)=O)cc2c1-c1cccc(COc3ccc4c(c3)OC[C@H]4CC(=O)O)c1CC2. The molecule has 1 aliphatic carbocycles. The van der Waals surface area contributed by atoms with Crippen molar-refractivity contribution in [1.82, 2.24) is 0 Å². The molecule has 5 rings (SSSR count). The van der Waals surface area contributed by atoms with E-state index in [4.69, 9.17) is 19.3 Å². The van der Waals surface area contributed by atoms with E-state index in [0.29, 0.717) is 37.7 Å². The summed E-state index contributed by atoms with van der Waals surface area (Å²) in [7, 11) is -2.99. The maximum atomic E-state index is 11.4. The minimum atomic E-state index is -2.99. The second-order valence-electron chi connectivity index (χ2n) is 10.1. The Labute approximate surface area is 223 Å². The number of ether oxygens (including phenoxy) is 3. The van der Waals surface area contributed by atoms with Crippen LogP contribution in [0.2, 0.25) is 0 Å². The molecule has 2 aliphatic rings. The number of rotatable bonds is 10. The predicted molar refractivity (Wildman–Crippen MR) is 145 cm³/mol. The Bertz CT molecular complexity index is 1480. The molecule has 3 aromatic carbocycles. The van der Waals surface area contributed by atoms with E-state index in [2.05, 4.69) is 31.2 Å². The summed E-state index contributed by atoms with van der Waals surface area (Å²) in [5.74, 6) is 1.34. The zero-order valence-electron chi connectivity index (χ0n) is 21.7. The van der Waals surface area contributed by atoms with Gasteiger partial charge in [-0.15, -0.1) is 0 Å². The summed E-state index contributed by atoms with van der Waals surface area (Å²) in [6, 6.07) is 16.1. The Morgan fingerprint density at radius 3 is 2.71 bits per heavy atom. The molecule has 0 unspecified atom stereocenters. The smallest absolute Gasteiger partial charge is 0.304 e. The van der Waals surface area contributed by atoms with Crippen LogP contribution in [0.5, 0.6) is 17.2 Å². The third-order valence-corrected chi connectivity index (χ3v) is 8.22. The second-order valence-corrected chi connectivity index (χ2v) is 12.4. The standard InChI is InChI=1S/C30H32O7S/c1-19-13-24(35-11-4-12-38(2,33)34)14-20-7-9-25-21(5-3-6-27(25)30(19)20)17-36-23-8-10-26-22(15-29(31)32)18-37-28(26)16-23/h3,5-6,8,10,13-14,16,22H,4,7,9,11-12,15,17-18H2,1-2H3,(H,31,32)/t22-/m1/s1. The first-order chi connectivity index (χ1) is 18.2. The molecule has 1 atom stereocenters. The van der Waals surface area contributed by atoms with Crippen LogP contribution in [0.15, 0.2) is 48.5 Å². The lowest BCUT2D eigenvalue weighted by Gasteiger charge is -2.25. The molecule has 1 aliphatic heterocycles. The summed E-state index contributed by atoms with van der Waals surface area (Å²) in [4.78, 5) is 11.1. The van der Waals surface area contributed by atoms with Gasteiger partial charge in [0.2, 0.25) is 0 Å². The van der Waals surface area contributed by atoms with Crippen LogP contribution in [0.3, 0.4) is 0 Å². The van der Waals surface area contributed by atoms with Crippen molar-refractivity contribution in [3.8, 4) is 28.4 Å². The van der Waals surface area contributed by atoms with E-state index < -0.39 is 15.8 Å². The van der Waals surface area contributed by atoms with Crippen molar-refractivity contribution >= 4 is 15.8 Å². The van der Waals surface area contributed by atoms with E-state index in [9.17, 15) is 13.2 Å². The van der Waals surface area contributed by atoms with Crippen molar-refractivity contribution in [2.45, 2.75) is 45.1 Å². The van der Waals surface area contributed by atoms with Crippen LogP contribution in [-0.4, -0.2) is 44.7 Å². The van der Waals surface area contributed by atoms with E-state index in [-0.39, 0.29) is 18.1 Å². The molecule has 0 amide bonds. The molecule has 38 heavy (non-hydrogen) atoms. The van der Waals surface area contributed by atoms with Gasteiger partial charge in [0, 0.05) is 23.8 Å². The highest BCUT2D eigenvalue weighted by molar-refractivity contribution is 7.90. The highest BCUT2D eigenvalue weighted by Gasteiger charge is 2.27. The van der Waals surface area contributed by atoms with Gasteiger partial charge in [-0.3, -0.25) is 4.79 Å². The average molecular weight is 537 g/mol. The summed E-state index contributed by atoms with van der Waals surface area (Å²) < 4.78 is 40.5. The third kappa shape index (κ3) is 5.80. The van der Waals surface area contributed by atoms with Crippen LogP contribution >= 0.6 is 0 Å². The van der Waals surface area contributed by atoms with Gasteiger partial charge >= 0.3 is 5.97 Å². The molecule has 0 radical (unpaired) electrons. The van der Waals surface area contributed by atoms with Crippen molar-refractivity contribution < 1.29 is 32.5 Å². The molecule has 7 nitrogen and oxygen atoms in total. The zero-order valence-corrected chi connectivity index (χ0v) is 22.5. The topological polar surface area (TPSA) is 99.1 Å². The molecular formula is C30H32O7S. The Kier molecular flexibility index (Phi) is 7.34. The Morgan fingerprint density at radius 2 is 1.92 bits per heavy atom. The predicted octanol–water partition coefficient (Wildman–Crippen LogP) is 5.10. The average Bonchev–Trinajstić information content (AvgIpc) is 3.25. The molecule has 0 spiro atoms. The van der Waals surface area contributed by atoms with Crippen LogP contribution in [0.1, 0.15) is 46.6 Å². The van der Waals surface area contributed by atoms with Gasteiger partial charge in [-0.05, 0) is 77.8 Å². The van der Waals surface area contributed by atoms with Crippen LogP contribution in [0, 0.1) is 6.92 Å². The van der Waals surface area contributed by atoms with Crippen molar-refractivity contribution in [2.24, 2.45) is 0 Å². The number of aryl methyl sites for hydroxylation is 2. The molecule has 1 heterocycles. The Morgan fingerprint density at radius 1 is 1.08 bits per heavy atom. The van der Waals surface area contributed by atoms with Gasteiger partial charge in [0.15, 0.2) is 0 Å². The van der Waals surface area contributed by atoms with Crippen LogP contribution in [-0.2, 0) is 34.1 Å². The molecule has 0 fully saturated rings. The van der Waals surface area contributed by atoms with Gasteiger partial charge < -0.3 is 19.3 Å². The molecule has 0 saturated carbocycles. The number of carboxylic acids is 1. The summed E-state index contributed by atoms with van der Waals surface area (Å²) in [5.41, 5.74) is 8.14. The van der Waals surface area contributed by atoms with E-state index in [1.165, 1.54) is 28.5 Å². The Hall–Kier alpha value is -3.52. The number of aliphatic carboxylic acids is 1. The third-order valence-electron chi connectivity index (χ3n) is 7.19. The highest BCUT2D eigenvalue weighted by Crippen LogP contribution is 2.41. The monoisotopic (exact) mass is 536 g/mol. The Balaban J connectivity index is 1.29. The molecular weight excluding hydrogens is 504 g/mol. The fraction of sp³-hybridized carbons (Fsp3) is 0.367. The van der Waals surface area contributed by atoms with Gasteiger partial charge in [-0.25, -0.2) is 8.42 Å². The number of fused-ring (bicyclic) bond motifs is 4. The maximum Gasteiger partial charge on any atom is 0.304 e. The van der Waals surface area contributed by atoms with E-state index in [1.54, 1.807) is 0 Å². The van der Waals surface area contributed by atoms with E-state index in [0.717, 1.165) is 35.3 Å². The fourth-order valence-electron chi connectivity index (χ4n) is 5.45. The van der Waals surface area contributed by atoms with Crippen molar-refractivity contribution in [1.29, 1.82) is 0 Å². The number of sulfone groups is 1. The largest absolute Gasteiger partial charge is 0.494 e. The maximum absolute atomic E-state index is 11.4. The lowest BCUT2D eigenvalue weighted by Crippen LogP contribution is -2.11. The van der Waals surface area contributed by atoms with Crippen molar-refractivity contribution in [3.63, 3.8) is 0 Å². The van der Waals surface area contributed by atoms with Crippen LogP contribution < -0.4 is 14.2 Å². The van der Waals surface area contributed by atoms with Gasteiger partial charge in [0.05, 0.1) is 25.4 Å². The van der Waals surface area contributed by atoms with Crippen LogP contribution in [0.25, 0.3) is 11.1 Å². The van der Waals surface area contributed by atoms with Crippen molar-refractivity contribution in [3.05, 3.63) is 76.3 Å². The van der Waals surface area contributed by atoms with E-state index in [1.807, 2.05) is 24.3 Å². The normalized spacial score (nSPS) is 15.7. The molecule has 3 aromatic rings. The van der Waals surface area contributed by atoms with Gasteiger partial charge in [0.1, 0.15) is 33.7 Å². The summed E-state index contributed by atoms with van der Waals surface area (Å²) >= 11 is 0. The fourth-order valence-corrected chi connectivity index (χ4v) is 6.09. The molecule has 200 valence electrons. The number of carbonyl (C=O) groups is 1. The number of carboxylic acid groups (broad SMARTS) is 1. The van der Waals surface area contributed by atoms with Gasteiger partial charge in [-0.1, -0.05) is 24.3 Å². The summed E-state index contributed by atoms with van der Waals surface area (Å²) in [6.45, 7) is 3.26. The molecule has 0 aromatic heterocycles. The molecule has 8 heteroatoms. The first-order valence-corrected chi connectivity index (χ1v) is 14.9. The highest BCUT2D eigenvalue weighted by atomic mass is 32.2. The molecule has 1 N–H and O–H groups in total. The zero-order chi connectivity index (χ0) is 26.9. The van der Waals surface area contributed by atoms with Crippen LogP contribution in [0.4, 0.5) is 0 Å². The lowest BCUT2D eigenvalue weighted by molar-refractivity contribution is -0.137. The van der Waals surface area contributed by atoms with E-state index >= 15 is 0 Å². The summed E-state index contributed by atoms with van der Waals surface area (Å²) in [5, 5.41) is 9.12. The first kappa shape index (κ1) is 26.1.